The lowest BCUT2D eigenvalue weighted by molar-refractivity contribution is -0.144. The molecule has 2 aromatic carbocycles. The van der Waals surface area contributed by atoms with Crippen LogP contribution in [0, 0.1) is 0 Å². The van der Waals surface area contributed by atoms with Crippen molar-refractivity contribution in [3.05, 3.63) is 58.1 Å². The number of aryl methyl sites for hydroxylation is 1. The topological polar surface area (TPSA) is 48.4 Å². The summed E-state index contributed by atoms with van der Waals surface area (Å²) in [4.78, 5) is 16.5. The molecule has 0 atom stereocenters. The molecule has 0 fully saturated rings. The predicted octanol–water partition coefficient (Wildman–Crippen LogP) is 4.63. The van der Waals surface area contributed by atoms with Crippen LogP contribution in [0.25, 0.3) is 10.2 Å². The third-order valence-corrected chi connectivity index (χ3v) is 4.84. The number of methoxy groups -OCH3 is 1. The Morgan fingerprint density at radius 3 is 2.88 bits per heavy atom. The maximum Gasteiger partial charge on any atom is 0.306 e. The van der Waals surface area contributed by atoms with Crippen molar-refractivity contribution in [2.24, 2.45) is 0 Å². The van der Waals surface area contributed by atoms with Crippen molar-refractivity contribution < 1.29 is 14.3 Å². The molecular formula is C18H16ClNO3S. The fourth-order valence-corrected chi connectivity index (χ4v) is 3.49. The summed E-state index contributed by atoms with van der Waals surface area (Å²) in [6.45, 7) is 0.141. The number of ether oxygens (including phenoxy) is 2. The van der Waals surface area contributed by atoms with Gasteiger partial charge in [0.2, 0.25) is 0 Å². The van der Waals surface area contributed by atoms with Crippen molar-refractivity contribution in [3.8, 4) is 5.75 Å². The Kier molecular flexibility index (Phi) is 5.33. The Morgan fingerprint density at radius 2 is 2.08 bits per heavy atom. The van der Waals surface area contributed by atoms with Gasteiger partial charge in [-0.15, -0.1) is 11.3 Å². The first-order valence-electron chi connectivity index (χ1n) is 7.48. The summed E-state index contributed by atoms with van der Waals surface area (Å²) in [5.74, 6) is 0.384. The van der Waals surface area contributed by atoms with Crippen LogP contribution in [0.15, 0.2) is 42.5 Å². The van der Waals surface area contributed by atoms with Crippen molar-refractivity contribution >= 4 is 39.1 Å². The molecule has 1 heterocycles. The second-order valence-corrected chi connectivity index (χ2v) is 6.74. The van der Waals surface area contributed by atoms with Gasteiger partial charge < -0.3 is 9.47 Å². The molecule has 0 radical (unpaired) electrons. The first-order chi connectivity index (χ1) is 11.7. The first kappa shape index (κ1) is 16.7. The number of carbonyl (C=O) groups is 1. The van der Waals surface area contributed by atoms with Gasteiger partial charge >= 0.3 is 5.97 Å². The molecule has 0 aliphatic carbocycles. The predicted molar refractivity (Wildman–Crippen MR) is 95.7 cm³/mol. The number of nitrogens with zero attached hydrogens (tertiary/aromatic N) is 1. The molecule has 0 aliphatic heterocycles. The number of para-hydroxylation sites is 1. The number of thiazole rings is 1. The van der Waals surface area contributed by atoms with Crippen LogP contribution >= 0.6 is 22.9 Å². The second-order valence-electron chi connectivity index (χ2n) is 5.19. The molecule has 4 nitrogen and oxygen atoms in total. The zero-order chi connectivity index (χ0) is 16.9. The van der Waals surface area contributed by atoms with Crippen LogP contribution in [0.5, 0.6) is 5.75 Å². The fraction of sp³-hybridized carbons (Fsp3) is 0.222. The number of carbonyl (C=O) groups excluding carboxylic acids is 1. The lowest BCUT2D eigenvalue weighted by Gasteiger charge is -2.09. The Bertz CT molecular complexity index is 829. The van der Waals surface area contributed by atoms with Gasteiger partial charge in [0.05, 0.1) is 28.8 Å². The van der Waals surface area contributed by atoms with Crippen molar-refractivity contribution in [2.45, 2.75) is 19.4 Å². The molecule has 0 N–H and O–H groups in total. The minimum absolute atomic E-state index is 0.141. The summed E-state index contributed by atoms with van der Waals surface area (Å²) in [5.41, 5.74) is 1.72. The Morgan fingerprint density at radius 1 is 1.25 bits per heavy atom. The molecule has 1 aromatic heterocycles. The molecule has 0 amide bonds. The van der Waals surface area contributed by atoms with E-state index >= 15 is 0 Å². The Balaban J connectivity index is 1.55. The van der Waals surface area contributed by atoms with Crippen molar-refractivity contribution in [1.29, 1.82) is 0 Å². The molecule has 24 heavy (non-hydrogen) atoms. The van der Waals surface area contributed by atoms with E-state index in [1.54, 1.807) is 36.6 Å². The molecule has 3 rings (SSSR count). The van der Waals surface area contributed by atoms with Gasteiger partial charge in [-0.3, -0.25) is 4.79 Å². The summed E-state index contributed by atoms with van der Waals surface area (Å²) in [5, 5.41) is 1.52. The third-order valence-electron chi connectivity index (χ3n) is 3.51. The van der Waals surface area contributed by atoms with E-state index in [2.05, 4.69) is 4.98 Å². The van der Waals surface area contributed by atoms with E-state index in [1.807, 2.05) is 24.3 Å². The van der Waals surface area contributed by atoms with Gasteiger partial charge in [-0.1, -0.05) is 23.7 Å². The smallest absolute Gasteiger partial charge is 0.306 e. The lowest BCUT2D eigenvalue weighted by Crippen LogP contribution is -2.06. The zero-order valence-corrected chi connectivity index (χ0v) is 14.7. The standard InChI is InChI=1S/C18H16ClNO3S/c1-22-15-7-6-13(19)10-12(15)11-23-18(21)9-8-17-20-14-4-2-3-5-16(14)24-17/h2-7,10H,8-9,11H2,1H3. The van der Waals surface area contributed by atoms with E-state index in [-0.39, 0.29) is 12.6 Å². The van der Waals surface area contributed by atoms with Gasteiger partial charge in [-0.2, -0.15) is 0 Å². The summed E-state index contributed by atoms with van der Waals surface area (Å²) >= 11 is 7.57. The third kappa shape index (κ3) is 4.04. The average molecular weight is 362 g/mol. The summed E-state index contributed by atoms with van der Waals surface area (Å²) in [6, 6.07) is 13.2. The van der Waals surface area contributed by atoms with Crippen LogP contribution in [-0.2, 0) is 22.6 Å². The van der Waals surface area contributed by atoms with Gasteiger partial charge in [0.15, 0.2) is 0 Å². The van der Waals surface area contributed by atoms with E-state index in [9.17, 15) is 4.79 Å². The van der Waals surface area contributed by atoms with E-state index in [0.717, 1.165) is 20.8 Å². The van der Waals surface area contributed by atoms with Gasteiger partial charge in [0.25, 0.3) is 0 Å². The molecule has 6 heteroatoms. The summed E-state index contributed by atoms with van der Waals surface area (Å²) in [6.07, 6.45) is 0.869. The van der Waals surface area contributed by atoms with Gasteiger partial charge in [-0.25, -0.2) is 4.98 Å². The highest BCUT2D eigenvalue weighted by Gasteiger charge is 2.10. The van der Waals surface area contributed by atoms with Crippen LogP contribution in [0.2, 0.25) is 5.02 Å². The highest BCUT2D eigenvalue weighted by atomic mass is 35.5. The minimum atomic E-state index is -0.267. The molecular weight excluding hydrogens is 346 g/mol. The molecule has 0 aliphatic rings. The maximum absolute atomic E-state index is 12.0. The van der Waals surface area contributed by atoms with Crippen LogP contribution in [0.3, 0.4) is 0 Å². The van der Waals surface area contributed by atoms with Gasteiger partial charge in [0.1, 0.15) is 12.4 Å². The minimum Gasteiger partial charge on any atom is -0.496 e. The van der Waals surface area contributed by atoms with E-state index in [4.69, 9.17) is 21.1 Å². The molecule has 0 spiro atoms. The molecule has 0 saturated heterocycles. The van der Waals surface area contributed by atoms with Crippen LogP contribution < -0.4 is 4.74 Å². The first-order valence-corrected chi connectivity index (χ1v) is 8.67. The second kappa shape index (κ2) is 7.64. The number of aromatic nitrogens is 1. The van der Waals surface area contributed by atoms with Crippen molar-refractivity contribution in [1.82, 2.24) is 4.98 Å². The number of halogens is 1. The van der Waals surface area contributed by atoms with E-state index in [1.165, 1.54) is 0 Å². The Labute approximate surface area is 149 Å². The SMILES string of the molecule is COc1ccc(Cl)cc1COC(=O)CCc1nc2ccccc2s1. The van der Waals surface area contributed by atoms with Crippen molar-refractivity contribution in [3.63, 3.8) is 0 Å². The molecule has 0 saturated carbocycles. The molecule has 3 aromatic rings. The number of benzene rings is 2. The number of esters is 1. The summed E-state index contributed by atoms with van der Waals surface area (Å²) < 4.78 is 11.7. The number of fused-ring (bicyclic) bond motifs is 1. The summed E-state index contributed by atoms with van der Waals surface area (Å²) in [7, 11) is 1.57. The number of hydrogen-bond acceptors (Lipinski definition) is 5. The molecule has 0 unspecified atom stereocenters. The van der Waals surface area contributed by atoms with Crippen LogP contribution in [0.4, 0.5) is 0 Å². The molecule has 124 valence electrons. The quantitative estimate of drug-likeness (QED) is 0.600. The van der Waals surface area contributed by atoms with Crippen LogP contribution in [-0.4, -0.2) is 18.1 Å². The Hall–Kier alpha value is -2.11. The number of hydrogen-bond donors (Lipinski definition) is 0. The van der Waals surface area contributed by atoms with Gasteiger partial charge in [0, 0.05) is 17.0 Å². The highest BCUT2D eigenvalue weighted by molar-refractivity contribution is 7.18. The van der Waals surface area contributed by atoms with E-state index < -0.39 is 0 Å². The van der Waals surface area contributed by atoms with Crippen molar-refractivity contribution in [2.75, 3.05) is 7.11 Å². The largest absolute Gasteiger partial charge is 0.496 e. The maximum atomic E-state index is 12.0. The van der Waals surface area contributed by atoms with Crippen LogP contribution in [0.1, 0.15) is 17.0 Å². The lowest BCUT2D eigenvalue weighted by atomic mass is 10.2. The highest BCUT2D eigenvalue weighted by Crippen LogP contribution is 2.24. The monoisotopic (exact) mass is 361 g/mol. The van der Waals surface area contributed by atoms with E-state index in [0.29, 0.717) is 23.6 Å². The average Bonchev–Trinajstić information content (AvgIpc) is 3.01. The number of rotatable bonds is 6. The molecule has 0 bridgehead atoms. The van der Waals surface area contributed by atoms with Gasteiger partial charge in [-0.05, 0) is 30.3 Å². The normalized spacial score (nSPS) is 10.8. The fourth-order valence-electron chi connectivity index (χ4n) is 2.33. The zero-order valence-electron chi connectivity index (χ0n) is 13.1.